The van der Waals surface area contributed by atoms with E-state index in [1.165, 1.54) is 11.8 Å². The number of piperazine rings is 1. The summed E-state index contributed by atoms with van der Waals surface area (Å²) in [5, 5.41) is 0. The number of hydrogen-bond donors (Lipinski definition) is 0. The number of pyridine rings is 1. The standard InChI is InChI=1S/C32H31N5O3S2/c1-21-6-8-23(9-7-21)20-37-31(39)27(42-32(37)41)19-26-29(33-28-22(2)5-4-14-36(28)30(26)38)35-17-15-34(16-18-35)24-10-12-25(40-3)13-11-24/h4-14,19H,15-18,20H2,1-3H3/b27-19+. The third-order valence-corrected chi connectivity index (χ3v) is 9.07. The van der Waals surface area contributed by atoms with E-state index in [0.717, 1.165) is 41.2 Å². The fourth-order valence-corrected chi connectivity index (χ4v) is 6.52. The minimum Gasteiger partial charge on any atom is -0.497 e. The monoisotopic (exact) mass is 597 g/mol. The Hall–Kier alpha value is -4.15. The van der Waals surface area contributed by atoms with Crippen LogP contribution < -0.4 is 20.1 Å². The van der Waals surface area contributed by atoms with Gasteiger partial charge < -0.3 is 14.5 Å². The summed E-state index contributed by atoms with van der Waals surface area (Å²) in [6.07, 6.45) is 3.41. The van der Waals surface area contributed by atoms with E-state index in [1.807, 2.05) is 62.4 Å². The molecule has 0 radical (unpaired) electrons. The summed E-state index contributed by atoms with van der Waals surface area (Å²) >= 11 is 6.83. The van der Waals surface area contributed by atoms with E-state index in [9.17, 15) is 9.59 Å². The Labute approximate surface area is 254 Å². The molecule has 214 valence electrons. The van der Waals surface area contributed by atoms with Gasteiger partial charge in [-0.15, -0.1) is 0 Å². The highest BCUT2D eigenvalue weighted by molar-refractivity contribution is 8.26. The highest BCUT2D eigenvalue weighted by atomic mass is 32.2. The minimum absolute atomic E-state index is 0.199. The van der Waals surface area contributed by atoms with Crippen molar-refractivity contribution in [3.63, 3.8) is 0 Å². The first-order valence-corrected chi connectivity index (χ1v) is 15.0. The average molecular weight is 598 g/mol. The Kier molecular flexibility index (Phi) is 7.74. The van der Waals surface area contributed by atoms with E-state index in [2.05, 4.69) is 21.9 Å². The van der Waals surface area contributed by atoms with Crippen molar-refractivity contribution in [3.8, 4) is 5.75 Å². The maximum Gasteiger partial charge on any atom is 0.267 e. The number of thioether (sulfide) groups is 1. The lowest BCUT2D eigenvalue weighted by atomic mass is 10.1. The fourth-order valence-electron chi connectivity index (χ4n) is 5.28. The van der Waals surface area contributed by atoms with Gasteiger partial charge in [0, 0.05) is 38.1 Å². The lowest BCUT2D eigenvalue weighted by Crippen LogP contribution is -2.47. The topological polar surface area (TPSA) is 70.4 Å². The van der Waals surface area contributed by atoms with Gasteiger partial charge in [0.25, 0.3) is 11.5 Å². The quantitative estimate of drug-likeness (QED) is 0.226. The van der Waals surface area contributed by atoms with E-state index in [0.29, 0.717) is 45.9 Å². The molecule has 2 aromatic carbocycles. The fraction of sp³-hybridized carbons (Fsp3) is 0.250. The summed E-state index contributed by atoms with van der Waals surface area (Å²) in [6, 6.07) is 19.9. The van der Waals surface area contributed by atoms with Crippen LogP contribution in [0.4, 0.5) is 11.5 Å². The Morgan fingerprint density at radius 3 is 2.33 bits per heavy atom. The van der Waals surface area contributed by atoms with Crippen LogP contribution in [0.1, 0.15) is 22.3 Å². The Morgan fingerprint density at radius 1 is 0.952 bits per heavy atom. The van der Waals surface area contributed by atoms with Gasteiger partial charge in [-0.05, 0) is 61.4 Å². The Balaban J connectivity index is 1.33. The zero-order valence-corrected chi connectivity index (χ0v) is 25.4. The van der Waals surface area contributed by atoms with Crippen LogP contribution in [0, 0.1) is 13.8 Å². The number of carbonyl (C=O) groups is 1. The van der Waals surface area contributed by atoms with Gasteiger partial charge in [-0.3, -0.25) is 18.9 Å². The third-order valence-electron chi connectivity index (χ3n) is 7.69. The molecule has 2 aliphatic rings. The van der Waals surface area contributed by atoms with Crippen LogP contribution in [0.25, 0.3) is 11.7 Å². The number of aryl methyl sites for hydroxylation is 2. The van der Waals surface area contributed by atoms with Crippen LogP contribution in [0.3, 0.4) is 0 Å². The van der Waals surface area contributed by atoms with Gasteiger partial charge in [-0.25, -0.2) is 4.98 Å². The van der Waals surface area contributed by atoms with E-state index in [-0.39, 0.29) is 11.5 Å². The number of hydrogen-bond acceptors (Lipinski definition) is 8. The van der Waals surface area contributed by atoms with Crippen molar-refractivity contribution in [1.29, 1.82) is 0 Å². The largest absolute Gasteiger partial charge is 0.497 e. The molecule has 2 aromatic heterocycles. The molecule has 0 spiro atoms. The van der Waals surface area contributed by atoms with Crippen LogP contribution in [0.5, 0.6) is 5.75 Å². The molecular weight excluding hydrogens is 567 g/mol. The van der Waals surface area contributed by atoms with E-state index >= 15 is 0 Å². The predicted octanol–water partition coefficient (Wildman–Crippen LogP) is 5.05. The summed E-state index contributed by atoms with van der Waals surface area (Å²) in [5.74, 6) is 1.21. The average Bonchev–Trinajstić information content (AvgIpc) is 3.27. The van der Waals surface area contributed by atoms with Crippen molar-refractivity contribution in [2.75, 3.05) is 43.1 Å². The number of nitrogens with zero attached hydrogens (tertiary/aromatic N) is 5. The molecule has 2 fully saturated rings. The summed E-state index contributed by atoms with van der Waals surface area (Å²) in [7, 11) is 1.66. The number of rotatable bonds is 6. The van der Waals surface area contributed by atoms with Crippen molar-refractivity contribution in [1.82, 2.24) is 14.3 Å². The van der Waals surface area contributed by atoms with Crippen LogP contribution >= 0.6 is 24.0 Å². The molecule has 4 heterocycles. The molecule has 10 heteroatoms. The number of ether oxygens (including phenoxy) is 1. The van der Waals surface area contributed by atoms with Crippen molar-refractivity contribution in [2.24, 2.45) is 0 Å². The first kappa shape index (κ1) is 28.0. The molecule has 0 aliphatic carbocycles. The third kappa shape index (κ3) is 5.39. The maximum atomic E-state index is 13.9. The molecule has 2 aliphatic heterocycles. The number of benzene rings is 2. The second-order valence-electron chi connectivity index (χ2n) is 10.5. The van der Waals surface area contributed by atoms with Gasteiger partial charge in [0.15, 0.2) is 0 Å². The number of fused-ring (bicyclic) bond motifs is 1. The van der Waals surface area contributed by atoms with E-state index in [4.69, 9.17) is 21.9 Å². The van der Waals surface area contributed by atoms with E-state index in [1.54, 1.807) is 28.7 Å². The van der Waals surface area contributed by atoms with Crippen LogP contribution in [-0.2, 0) is 11.3 Å². The normalized spacial score (nSPS) is 16.6. The maximum absolute atomic E-state index is 13.9. The number of amides is 1. The lowest BCUT2D eigenvalue weighted by molar-refractivity contribution is -0.122. The molecule has 6 rings (SSSR count). The second-order valence-corrected chi connectivity index (χ2v) is 12.1. The van der Waals surface area contributed by atoms with Crippen molar-refractivity contribution in [3.05, 3.63) is 104 Å². The Bertz CT molecular complexity index is 1760. The number of aromatic nitrogens is 2. The molecule has 0 bridgehead atoms. The first-order chi connectivity index (χ1) is 20.3. The summed E-state index contributed by atoms with van der Waals surface area (Å²) in [5.41, 5.74) is 4.97. The first-order valence-electron chi connectivity index (χ1n) is 13.8. The van der Waals surface area contributed by atoms with Crippen LogP contribution in [-0.4, -0.2) is 57.8 Å². The molecule has 0 saturated carbocycles. The number of anilines is 2. The predicted molar refractivity (Wildman–Crippen MR) is 174 cm³/mol. The molecule has 2 saturated heterocycles. The van der Waals surface area contributed by atoms with Crippen molar-refractivity contribution < 1.29 is 9.53 Å². The minimum atomic E-state index is -0.208. The van der Waals surface area contributed by atoms with Crippen LogP contribution in [0.2, 0.25) is 0 Å². The molecular formula is C32H31N5O3S2. The van der Waals surface area contributed by atoms with Gasteiger partial charge in [-0.1, -0.05) is 59.9 Å². The SMILES string of the molecule is COc1ccc(N2CCN(c3nc4c(C)cccn4c(=O)c3/C=C3/SC(=S)N(Cc4ccc(C)cc4)C3=O)CC2)cc1. The smallest absolute Gasteiger partial charge is 0.267 e. The molecule has 42 heavy (non-hydrogen) atoms. The zero-order chi connectivity index (χ0) is 29.4. The summed E-state index contributed by atoms with van der Waals surface area (Å²) in [4.78, 5) is 39.0. The van der Waals surface area contributed by atoms with Gasteiger partial charge in [-0.2, -0.15) is 0 Å². The summed E-state index contributed by atoms with van der Waals surface area (Å²) in [6.45, 7) is 7.24. The second kappa shape index (κ2) is 11.6. The molecule has 0 unspecified atom stereocenters. The number of carbonyl (C=O) groups excluding carboxylic acids is 1. The lowest BCUT2D eigenvalue weighted by Gasteiger charge is -2.37. The van der Waals surface area contributed by atoms with Crippen LogP contribution in [0.15, 0.2) is 76.6 Å². The molecule has 1 amide bonds. The van der Waals surface area contributed by atoms with Gasteiger partial charge in [0.2, 0.25) is 0 Å². The number of methoxy groups -OCH3 is 1. The number of thiocarbonyl (C=S) groups is 1. The Morgan fingerprint density at radius 2 is 1.64 bits per heavy atom. The highest BCUT2D eigenvalue weighted by Crippen LogP contribution is 2.35. The van der Waals surface area contributed by atoms with E-state index < -0.39 is 0 Å². The highest BCUT2D eigenvalue weighted by Gasteiger charge is 2.33. The van der Waals surface area contributed by atoms with Gasteiger partial charge in [0.05, 0.1) is 24.1 Å². The molecule has 0 N–H and O–H groups in total. The molecule has 0 atom stereocenters. The molecule has 8 nitrogen and oxygen atoms in total. The van der Waals surface area contributed by atoms with Crippen molar-refractivity contribution in [2.45, 2.75) is 20.4 Å². The summed E-state index contributed by atoms with van der Waals surface area (Å²) < 4.78 is 7.34. The van der Waals surface area contributed by atoms with Gasteiger partial charge >= 0.3 is 0 Å². The van der Waals surface area contributed by atoms with Crippen molar-refractivity contribution >= 4 is 57.4 Å². The van der Waals surface area contributed by atoms with Gasteiger partial charge in [0.1, 0.15) is 21.5 Å². The zero-order valence-electron chi connectivity index (χ0n) is 23.7. The molecule has 4 aromatic rings.